The average Bonchev–Trinajstić information content (AvgIpc) is 3.40. The van der Waals surface area contributed by atoms with Gasteiger partial charge in [0.05, 0.1) is 28.4 Å². The normalized spacial score (nSPS) is 17.3. The minimum absolute atomic E-state index is 0.0423. The van der Waals surface area contributed by atoms with Gasteiger partial charge in [0.25, 0.3) is 5.78 Å². The van der Waals surface area contributed by atoms with Crippen LogP contribution in [0.4, 0.5) is 9.52 Å². The predicted octanol–water partition coefficient (Wildman–Crippen LogP) is 5.85. The van der Waals surface area contributed by atoms with E-state index < -0.39 is 23.5 Å². The second-order valence-electron chi connectivity index (χ2n) is 8.06. The van der Waals surface area contributed by atoms with Gasteiger partial charge in [-0.05, 0) is 42.3 Å². The molecule has 1 saturated heterocycles. The van der Waals surface area contributed by atoms with Gasteiger partial charge in [0.1, 0.15) is 17.3 Å². The Hall–Kier alpha value is -4.04. The number of aliphatic hydroxyl groups excluding tert-OH is 1. The van der Waals surface area contributed by atoms with Gasteiger partial charge in [0.15, 0.2) is 5.13 Å². The summed E-state index contributed by atoms with van der Waals surface area (Å²) in [5.41, 5.74) is 1.47. The second kappa shape index (κ2) is 9.31. The summed E-state index contributed by atoms with van der Waals surface area (Å²) in [7, 11) is 0. The minimum Gasteiger partial charge on any atom is -0.507 e. The maximum Gasteiger partial charge on any atom is 0.301 e. The number of thiazole rings is 1. The number of aromatic nitrogens is 1. The number of nitrogens with zero attached hydrogens (tertiary/aromatic N) is 2. The number of carbonyl (C=O) groups excluding carboxylic acids is 2. The number of fused-ring (bicyclic) bond motifs is 1. The van der Waals surface area contributed by atoms with E-state index in [9.17, 15) is 19.1 Å². The molecule has 4 aromatic rings. The Balaban J connectivity index is 1.67. The molecule has 2 heterocycles. The van der Waals surface area contributed by atoms with Gasteiger partial charge in [-0.25, -0.2) is 9.37 Å². The number of rotatable bonds is 6. The molecule has 35 heavy (non-hydrogen) atoms. The molecule has 1 aliphatic heterocycles. The van der Waals surface area contributed by atoms with E-state index in [1.54, 1.807) is 48.5 Å². The lowest BCUT2D eigenvalue weighted by atomic mass is 9.95. The van der Waals surface area contributed by atoms with Crippen LogP contribution in [0.3, 0.4) is 0 Å². The van der Waals surface area contributed by atoms with Crippen molar-refractivity contribution in [1.29, 1.82) is 0 Å². The first kappa shape index (κ1) is 22.7. The highest BCUT2D eigenvalue weighted by molar-refractivity contribution is 7.22. The first-order valence-electron chi connectivity index (χ1n) is 11.1. The number of anilines is 1. The molecular weight excluding hydrogens is 467 g/mol. The molecule has 1 fully saturated rings. The van der Waals surface area contributed by atoms with Crippen LogP contribution in [-0.2, 0) is 9.59 Å². The summed E-state index contributed by atoms with van der Waals surface area (Å²) in [5, 5.41) is 11.5. The van der Waals surface area contributed by atoms with Gasteiger partial charge < -0.3 is 9.84 Å². The molecule has 0 spiro atoms. The Bertz CT molecular complexity index is 1460. The van der Waals surface area contributed by atoms with Crippen molar-refractivity contribution >= 4 is 44.1 Å². The van der Waals surface area contributed by atoms with E-state index >= 15 is 0 Å². The van der Waals surface area contributed by atoms with Crippen molar-refractivity contribution in [3.8, 4) is 5.75 Å². The standard InChI is InChI=1S/C27H21FN2O4S/c1-2-13-34-19-10-6-9-17(14-19)24(31)22-23(16-7-4-3-5-8-16)30(26(33)25(22)32)27-29-20-12-11-18(28)15-21(20)35-27/h3-12,14-15,23,31H,2,13H2,1H3/b24-22+. The molecule has 6 nitrogen and oxygen atoms in total. The smallest absolute Gasteiger partial charge is 0.301 e. The Morgan fingerprint density at radius 2 is 1.89 bits per heavy atom. The van der Waals surface area contributed by atoms with Gasteiger partial charge in [-0.15, -0.1) is 0 Å². The highest BCUT2D eigenvalue weighted by Gasteiger charge is 2.48. The first-order valence-corrected chi connectivity index (χ1v) is 11.9. The number of amides is 1. The van der Waals surface area contributed by atoms with E-state index in [1.807, 2.05) is 13.0 Å². The molecule has 5 rings (SSSR count). The van der Waals surface area contributed by atoms with E-state index in [-0.39, 0.29) is 16.5 Å². The number of hydrogen-bond acceptors (Lipinski definition) is 6. The van der Waals surface area contributed by atoms with Crippen LogP contribution in [0.1, 0.15) is 30.5 Å². The van der Waals surface area contributed by atoms with Gasteiger partial charge in [-0.1, -0.05) is 60.7 Å². The van der Waals surface area contributed by atoms with E-state index in [0.717, 1.165) is 17.8 Å². The zero-order valence-corrected chi connectivity index (χ0v) is 19.6. The highest BCUT2D eigenvalue weighted by Crippen LogP contribution is 2.44. The average molecular weight is 489 g/mol. The maximum atomic E-state index is 13.8. The van der Waals surface area contributed by atoms with Crippen molar-refractivity contribution in [3.05, 3.63) is 95.3 Å². The summed E-state index contributed by atoms with van der Waals surface area (Å²) in [5.74, 6) is -1.79. The molecule has 1 aliphatic rings. The molecule has 1 N–H and O–H groups in total. The number of Topliss-reactive ketones (excluding diaryl/α,β-unsaturated/α-hetero) is 1. The predicted molar refractivity (Wildman–Crippen MR) is 133 cm³/mol. The van der Waals surface area contributed by atoms with Crippen molar-refractivity contribution in [3.63, 3.8) is 0 Å². The van der Waals surface area contributed by atoms with Crippen LogP contribution >= 0.6 is 11.3 Å². The Morgan fingerprint density at radius 1 is 1.09 bits per heavy atom. The van der Waals surface area contributed by atoms with Crippen molar-refractivity contribution in [1.82, 2.24) is 4.98 Å². The molecule has 0 saturated carbocycles. The monoisotopic (exact) mass is 488 g/mol. The van der Waals surface area contributed by atoms with Crippen LogP contribution in [0, 0.1) is 5.82 Å². The van der Waals surface area contributed by atoms with E-state index in [0.29, 0.717) is 33.7 Å². The zero-order chi connectivity index (χ0) is 24.5. The number of aliphatic hydroxyl groups is 1. The van der Waals surface area contributed by atoms with Crippen LogP contribution in [0.5, 0.6) is 5.75 Å². The molecule has 1 amide bonds. The third kappa shape index (κ3) is 4.17. The fourth-order valence-corrected chi connectivity index (χ4v) is 5.10. The summed E-state index contributed by atoms with van der Waals surface area (Å²) in [6.45, 7) is 2.50. The van der Waals surface area contributed by atoms with Crippen molar-refractivity contribution in [2.75, 3.05) is 11.5 Å². The summed E-state index contributed by atoms with van der Waals surface area (Å²) in [6.07, 6.45) is 0.821. The minimum atomic E-state index is -0.901. The Labute approximate surface area is 204 Å². The van der Waals surface area contributed by atoms with E-state index in [2.05, 4.69) is 4.98 Å². The van der Waals surface area contributed by atoms with E-state index in [4.69, 9.17) is 4.74 Å². The molecule has 1 atom stereocenters. The second-order valence-corrected chi connectivity index (χ2v) is 9.07. The lowest BCUT2D eigenvalue weighted by Gasteiger charge is -2.23. The van der Waals surface area contributed by atoms with Gasteiger partial charge in [0.2, 0.25) is 0 Å². The summed E-state index contributed by atoms with van der Waals surface area (Å²) >= 11 is 1.11. The lowest BCUT2D eigenvalue weighted by Crippen LogP contribution is -2.29. The largest absolute Gasteiger partial charge is 0.507 e. The van der Waals surface area contributed by atoms with Gasteiger partial charge in [-0.3, -0.25) is 14.5 Å². The molecule has 1 unspecified atom stereocenters. The highest BCUT2D eigenvalue weighted by atomic mass is 32.1. The number of halogens is 1. The Morgan fingerprint density at radius 3 is 2.66 bits per heavy atom. The lowest BCUT2D eigenvalue weighted by molar-refractivity contribution is -0.132. The van der Waals surface area contributed by atoms with Gasteiger partial charge in [-0.2, -0.15) is 0 Å². The number of carbonyl (C=O) groups is 2. The van der Waals surface area contributed by atoms with Crippen LogP contribution in [0.25, 0.3) is 16.0 Å². The molecule has 3 aromatic carbocycles. The van der Waals surface area contributed by atoms with Crippen molar-refractivity contribution in [2.24, 2.45) is 0 Å². The van der Waals surface area contributed by atoms with Crippen molar-refractivity contribution in [2.45, 2.75) is 19.4 Å². The van der Waals surface area contributed by atoms with E-state index in [1.165, 1.54) is 23.1 Å². The van der Waals surface area contributed by atoms with Crippen LogP contribution in [0.2, 0.25) is 0 Å². The molecule has 0 radical (unpaired) electrons. The summed E-state index contributed by atoms with van der Waals surface area (Å²) < 4.78 is 20.0. The number of hydrogen-bond donors (Lipinski definition) is 1. The zero-order valence-electron chi connectivity index (χ0n) is 18.8. The van der Waals surface area contributed by atoms with Crippen LogP contribution < -0.4 is 9.64 Å². The van der Waals surface area contributed by atoms with Gasteiger partial charge in [0, 0.05) is 5.56 Å². The molecule has 8 heteroatoms. The molecule has 1 aromatic heterocycles. The fraction of sp³-hybridized carbons (Fsp3) is 0.148. The third-order valence-corrected chi connectivity index (χ3v) is 6.70. The topological polar surface area (TPSA) is 79.7 Å². The molecule has 0 bridgehead atoms. The quantitative estimate of drug-likeness (QED) is 0.209. The fourth-order valence-electron chi connectivity index (χ4n) is 4.08. The Kier molecular flexibility index (Phi) is 6.05. The molecule has 176 valence electrons. The molecule has 0 aliphatic carbocycles. The van der Waals surface area contributed by atoms with Gasteiger partial charge >= 0.3 is 5.91 Å². The summed E-state index contributed by atoms with van der Waals surface area (Å²) in [6, 6.07) is 19.0. The third-order valence-electron chi connectivity index (χ3n) is 5.69. The number of ether oxygens (including phenoxy) is 1. The van der Waals surface area contributed by atoms with Crippen molar-refractivity contribution < 1.29 is 23.8 Å². The molecular formula is C27H21FN2O4S. The first-order chi connectivity index (χ1) is 17.0. The number of ketones is 1. The SMILES string of the molecule is CCCOc1cccc(/C(O)=C2\C(=O)C(=O)N(c3nc4ccc(F)cc4s3)C2c2ccccc2)c1. The maximum absolute atomic E-state index is 13.8. The number of benzene rings is 3. The van der Waals surface area contributed by atoms with Crippen LogP contribution in [0.15, 0.2) is 78.4 Å². The summed E-state index contributed by atoms with van der Waals surface area (Å²) in [4.78, 5) is 32.3. The van der Waals surface area contributed by atoms with Crippen LogP contribution in [-0.4, -0.2) is 28.4 Å².